The lowest BCUT2D eigenvalue weighted by Crippen LogP contribution is -2.10. The van der Waals surface area contributed by atoms with Gasteiger partial charge in [-0.1, -0.05) is 84.9 Å². The van der Waals surface area contributed by atoms with Gasteiger partial charge in [0.05, 0.1) is 11.1 Å². The monoisotopic (exact) mass is 552 g/mol. The van der Waals surface area contributed by atoms with Gasteiger partial charge in [-0.2, -0.15) is 0 Å². The summed E-state index contributed by atoms with van der Waals surface area (Å²) in [7, 11) is 0. The summed E-state index contributed by atoms with van der Waals surface area (Å²) in [5.41, 5.74) is 7.31. The minimum Gasteiger partial charge on any atom is -0.456 e. The van der Waals surface area contributed by atoms with Gasteiger partial charge in [0, 0.05) is 27.7 Å². The van der Waals surface area contributed by atoms with Crippen LogP contribution in [-0.4, -0.2) is 4.98 Å². The molecule has 4 nitrogen and oxygen atoms in total. The molecule has 2 aromatic heterocycles. The van der Waals surface area contributed by atoms with Crippen molar-refractivity contribution in [3.63, 3.8) is 0 Å². The van der Waals surface area contributed by atoms with E-state index in [9.17, 15) is 0 Å². The second kappa shape index (κ2) is 9.33. The molecule has 0 radical (unpaired) electrons. The normalized spacial score (nSPS) is 11.7. The van der Waals surface area contributed by atoms with Gasteiger partial charge in [-0.25, -0.2) is 4.98 Å². The zero-order valence-corrected chi connectivity index (χ0v) is 23.1. The number of benzene rings is 7. The summed E-state index contributed by atoms with van der Waals surface area (Å²) >= 11 is 0. The van der Waals surface area contributed by atoms with E-state index in [2.05, 4.69) is 108 Å². The number of fused-ring (bicyclic) bond motifs is 8. The first-order valence-corrected chi connectivity index (χ1v) is 14.4. The predicted octanol–water partition coefficient (Wildman–Crippen LogP) is 11.2. The molecule has 0 bridgehead atoms. The lowest BCUT2D eigenvalue weighted by molar-refractivity contribution is 0.619. The van der Waals surface area contributed by atoms with Crippen molar-refractivity contribution in [3.8, 4) is 11.5 Å². The number of rotatable bonds is 4. The summed E-state index contributed by atoms with van der Waals surface area (Å²) in [5.74, 6) is 0.599. The molecule has 0 saturated carbocycles. The average molecular weight is 553 g/mol. The molecule has 0 aliphatic rings. The molecule has 0 atom stereocenters. The minimum atomic E-state index is 0.599. The van der Waals surface area contributed by atoms with E-state index in [1.165, 1.54) is 21.5 Å². The number of aromatic nitrogens is 1. The number of anilines is 3. The second-order valence-electron chi connectivity index (χ2n) is 10.8. The van der Waals surface area contributed by atoms with Crippen molar-refractivity contribution in [1.82, 2.24) is 4.98 Å². The van der Waals surface area contributed by atoms with Crippen LogP contribution in [0.2, 0.25) is 0 Å². The van der Waals surface area contributed by atoms with Crippen molar-refractivity contribution in [3.05, 3.63) is 146 Å². The van der Waals surface area contributed by atoms with Gasteiger partial charge in [0.15, 0.2) is 5.58 Å². The van der Waals surface area contributed by atoms with Crippen LogP contribution in [0.1, 0.15) is 0 Å². The van der Waals surface area contributed by atoms with E-state index in [1.54, 1.807) is 0 Å². The third kappa shape index (κ3) is 3.74. The maximum atomic E-state index is 6.35. The van der Waals surface area contributed by atoms with Gasteiger partial charge in [-0.3, -0.25) is 0 Å². The molecule has 0 saturated heterocycles. The lowest BCUT2D eigenvalue weighted by atomic mass is 9.99. The Morgan fingerprint density at radius 3 is 1.98 bits per heavy atom. The Bertz CT molecular complexity index is 2460. The van der Waals surface area contributed by atoms with Crippen LogP contribution in [0.3, 0.4) is 0 Å². The summed E-state index contributed by atoms with van der Waals surface area (Å²) in [4.78, 5) is 7.30. The number of hydrogen-bond acceptors (Lipinski definition) is 4. The first-order valence-electron chi connectivity index (χ1n) is 14.4. The molecule has 202 valence electrons. The van der Waals surface area contributed by atoms with Gasteiger partial charge in [0.1, 0.15) is 16.7 Å². The molecular formula is C39H24N2O2. The van der Waals surface area contributed by atoms with Crippen molar-refractivity contribution in [1.29, 1.82) is 0 Å². The molecular weight excluding hydrogens is 528 g/mol. The molecule has 0 aliphatic carbocycles. The van der Waals surface area contributed by atoms with Crippen LogP contribution >= 0.6 is 0 Å². The zero-order valence-electron chi connectivity index (χ0n) is 23.1. The lowest BCUT2D eigenvalue weighted by Gasteiger charge is -2.27. The molecule has 2 heterocycles. The van der Waals surface area contributed by atoms with Crippen molar-refractivity contribution >= 4 is 71.6 Å². The summed E-state index contributed by atoms with van der Waals surface area (Å²) in [6.07, 6.45) is 0. The second-order valence-corrected chi connectivity index (χ2v) is 10.8. The molecule has 43 heavy (non-hydrogen) atoms. The fourth-order valence-electron chi connectivity index (χ4n) is 6.31. The summed E-state index contributed by atoms with van der Waals surface area (Å²) in [6, 6.07) is 50.4. The number of oxazole rings is 1. The number of para-hydroxylation sites is 1. The molecule has 0 aliphatic heterocycles. The highest BCUT2D eigenvalue weighted by molar-refractivity contribution is 6.18. The van der Waals surface area contributed by atoms with Crippen LogP contribution in [0.4, 0.5) is 17.1 Å². The Kier molecular flexibility index (Phi) is 5.16. The molecule has 0 N–H and O–H groups in total. The Balaban J connectivity index is 1.32. The summed E-state index contributed by atoms with van der Waals surface area (Å²) in [6.45, 7) is 0. The van der Waals surface area contributed by atoms with E-state index < -0.39 is 0 Å². The van der Waals surface area contributed by atoms with Crippen molar-refractivity contribution in [2.24, 2.45) is 0 Å². The molecule has 4 heteroatoms. The van der Waals surface area contributed by atoms with E-state index >= 15 is 0 Å². The number of hydrogen-bond donors (Lipinski definition) is 0. The molecule has 0 spiro atoms. The Morgan fingerprint density at radius 2 is 1.14 bits per heavy atom. The fourth-order valence-corrected chi connectivity index (χ4v) is 6.31. The van der Waals surface area contributed by atoms with Crippen molar-refractivity contribution in [2.45, 2.75) is 0 Å². The topological polar surface area (TPSA) is 42.4 Å². The van der Waals surface area contributed by atoms with Crippen molar-refractivity contribution in [2.75, 3.05) is 4.90 Å². The van der Waals surface area contributed by atoms with E-state index in [0.717, 1.165) is 55.7 Å². The smallest absolute Gasteiger partial charge is 0.227 e. The zero-order chi connectivity index (χ0) is 28.3. The third-order valence-electron chi connectivity index (χ3n) is 8.26. The quantitative estimate of drug-likeness (QED) is 0.204. The van der Waals surface area contributed by atoms with Crippen LogP contribution in [0.25, 0.3) is 66.0 Å². The van der Waals surface area contributed by atoms with Crippen LogP contribution in [0.15, 0.2) is 154 Å². The SMILES string of the molecule is c1ccc(-c2nc3c(ccc4oc5ccc(N(c6ccccc6)c6cc7ccccc7c7ccccc67)cc5c43)o2)cc1. The van der Waals surface area contributed by atoms with E-state index in [-0.39, 0.29) is 0 Å². The third-order valence-corrected chi connectivity index (χ3v) is 8.26. The number of nitrogens with zero attached hydrogens (tertiary/aromatic N) is 2. The summed E-state index contributed by atoms with van der Waals surface area (Å²) in [5, 5.41) is 6.81. The minimum absolute atomic E-state index is 0.599. The number of furan rings is 1. The molecule has 0 amide bonds. The molecule has 0 unspecified atom stereocenters. The van der Waals surface area contributed by atoms with Gasteiger partial charge in [-0.05, 0) is 76.8 Å². The van der Waals surface area contributed by atoms with Gasteiger partial charge < -0.3 is 13.7 Å². The Hall–Kier alpha value is -5.87. The molecule has 0 fully saturated rings. The molecule has 9 aromatic rings. The standard InChI is InChI=1S/C39H24N2O2/c1-3-11-25(12-4-1)39-40-38-36(43-39)22-21-35-37(38)32-24-28(19-20-34(32)42-35)41(27-14-5-2-6-15-27)33-23-26-13-7-8-16-29(26)30-17-9-10-18-31(30)33/h1-24H. The maximum absolute atomic E-state index is 6.35. The fraction of sp³-hybridized carbons (Fsp3) is 0. The van der Waals surface area contributed by atoms with Gasteiger partial charge in [0.2, 0.25) is 5.89 Å². The van der Waals surface area contributed by atoms with Gasteiger partial charge in [0.25, 0.3) is 0 Å². The van der Waals surface area contributed by atoms with E-state index in [1.807, 2.05) is 42.5 Å². The highest BCUT2D eigenvalue weighted by Gasteiger charge is 2.21. The van der Waals surface area contributed by atoms with Crippen molar-refractivity contribution < 1.29 is 8.83 Å². The highest BCUT2D eigenvalue weighted by Crippen LogP contribution is 2.44. The van der Waals surface area contributed by atoms with E-state index in [0.29, 0.717) is 5.89 Å². The van der Waals surface area contributed by atoms with E-state index in [4.69, 9.17) is 13.8 Å². The highest BCUT2D eigenvalue weighted by atomic mass is 16.4. The van der Waals surface area contributed by atoms with Crippen LogP contribution in [0, 0.1) is 0 Å². The Morgan fingerprint density at radius 1 is 0.465 bits per heavy atom. The van der Waals surface area contributed by atoms with Crippen LogP contribution in [-0.2, 0) is 0 Å². The van der Waals surface area contributed by atoms with Crippen LogP contribution in [0.5, 0.6) is 0 Å². The average Bonchev–Trinajstić information content (AvgIpc) is 3.67. The first-order chi connectivity index (χ1) is 21.3. The largest absolute Gasteiger partial charge is 0.456 e. The molecule has 9 rings (SSSR count). The summed E-state index contributed by atoms with van der Waals surface area (Å²) < 4.78 is 12.6. The van der Waals surface area contributed by atoms with Gasteiger partial charge >= 0.3 is 0 Å². The van der Waals surface area contributed by atoms with Gasteiger partial charge in [-0.15, -0.1) is 0 Å². The first kappa shape index (κ1) is 23.8. The Labute approximate surface area is 247 Å². The maximum Gasteiger partial charge on any atom is 0.227 e. The predicted molar refractivity (Wildman–Crippen MR) is 176 cm³/mol. The molecule has 7 aromatic carbocycles. The van der Waals surface area contributed by atoms with Crippen LogP contribution < -0.4 is 4.90 Å².